The average Bonchev–Trinajstić information content (AvgIpc) is 2.75. The number of nitrogens with zero attached hydrogens (tertiary/aromatic N) is 2. The summed E-state index contributed by atoms with van der Waals surface area (Å²) in [5, 5.41) is 7.14. The predicted octanol–water partition coefficient (Wildman–Crippen LogP) is 0.787. The average molecular weight is 253 g/mol. The topological polar surface area (TPSA) is 106 Å². The van der Waals surface area contributed by atoms with Crippen LogP contribution in [-0.2, 0) is 6.42 Å². The van der Waals surface area contributed by atoms with Gasteiger partial charge in [0.15, 0.2) is 0 Å². The zero-order valence-corrected chi connectivity index (χ0v) is 9.78. The second-order valence-corrected chi connectivity index (χ2v) is 4.04. The number of nitrogens with one attached hydrogen (secondary N) is 2. The van der Waals surface area contributed by atoms with Crippen LogP contribution in [0.1, 0.15) is 17.2 Å². The Balaban J connectivity index is 2.22. The van der Waals surface area contributed by atoms with Crippen molar-refractivity contribution in [1.82, 2.24) is 20.6 Å². The van der Waals surface area contributed by atoms with Crippen LogP contribution in [0.5, 0.6) is 0 Å². The number of anilines is 1. The van der Waals surface area contributed by atoms with Gasteiger partial charge in [-0.25, -0.2) is 0 Å². The first-order valence-electron chi connectivity index (χ1n) is 5.05. The molecule has 0 amide bonds. The zero-order chi connectivity index (χ0) is 12.3. The Hall–Kier alpha value is -1.63. The van der Waals surface area contributed by atoms with Crippen molar-refractivity contribution in [3.05, 3.63) is 40.8 Å². The van der Waals surface area contributed by atoms with E-state index in [0.29, 0.717) is 17.3 Å². The molecule has 2 rings (SSSR count). The van der Waals surface area contributed by atoms with Crippen molar-refractivity contribution >= 4 is 17.4 Å². The quantitative estimate of drug-likeness (QED) is 0.476. The summed E-state index contributed by atoms with van der Waals surface area (Å²) in [6, 6.07) is 1.71. The highest BCUT2D eigenvalue weighted by Crippen LogP contribution is 2.24. The van der Waals surface area contributed by atoms with Gasteiger partial charge in [0.25, 0.3) is 0 Å². The molecule has 0 spiro atoms. The number of hydrogen-bond acceptors (Lipinski definition) is 5. The number of nitrogens with two attached hydrogens (primary N) is 2. The third kappa shape index (κ3) is 2.55. The maximum atomic E-state index is 6.04. The Morgan fingerprint density at radius 2 is 2.29 bits per heavy atom. The molecule has 6 nitrogen and oxygen atoms in total. The molecule has 0 saturated heterocycles. The molecule has 17 heavy (non-hydrogen) atoms. The fraction of sp³-hybridized carbons (Fsp3) is 0.200. The molecule has 2 aromatic rings. The minimum Gasteiger partial charge on any atom is -0.384 e. The molecule has 2 aromatic heterocycles. The molecule has 0 bridgehead atoms. The summed E-state index contributed by atoms with van der Waals surface area (Å²) in [6.07, 6.45) is 5.55. The minimum atomic E-state index is -0.145. The number of hydrazine groups is 1. The molecule has 0 fully saturated rings. The Kier molecular flexibility index (Phi) is 3.58. The first-order valence-corrected chi connectivity index (χ1v) is 5.43. The van der Waals surface area contributed by atoms with Gasteiger partial charge in [-0.05, 0) is 18.1 Å². The van der Waals surface area contributed by atoms with Gasteiger partial charge in [0.2, 0.25) is 0 Å². The maximum absolute atomic E-state index is 6.04. The summed E-state index contributed by atoms with van der Waals surface area (Å²) in [5.74, 6) is 6.02. The fourth-order valence-corrected chi connectivity index (χ4v) is 1.83. The number of halogens is 1. The number of pyridine rings is 1. The molecular formula is C10H13ClN6. The van der Waals surface area contributed by atoms with Crippen LogP contribution < -0.4 is 17.0 Å². The SMILES string of the molecule is NNC(Cc1ccncc1Cl)c1cn[nH]c1N. The third-order valence-electron chi connectivity index (χ3n) is 2.56. The molecular weight excluding hydrogens is 240 g/mol. The second kappa shape index (κ2) is 5.13. The molecule has 2 heterocycles. The van der Waals surface area contributed by atoms with Crippen molar-refractivity contribution in [2.45, 2.75) is 12.5 Å². The highest BCUT2D eigenvalue weighted by molar-refractivity contribution is 6.31. The van der Waals surface area contributed by atoms with Crippen LogP contribution in [0.15, 0.2) is 24.7 Å². The molecule has 0 aliphatic rings. The van der Waals surface area contributed by atoms with Gasteiger partial charge in [-0.15, -0.1) is 0 Å². The van der Waals surface area contributed by atoms with E-state index in [4.69, 9.17) is 23.2 Å². The summed E-state index contributed by atoms with van der Waals surface area (Å²) in [4.78, 5) is 3.93. The highest BCUT2D eigenvalue weighted by atomic mass is 35.5. The van der Waals surface area contributed by atoms with Gasteiger partial charge in [0.05, 0.1) is 17.3 Å². The van der Waals surface area contributed by atoms with Gasteiger partial charge >= 0.3 is 0 Å². The summed E-state index contributed by atoms with van der Waals surface area (Å²) in [5.41, 5.74) is 10.2. The third-order valence-corrected chi connectivity index (χ3v) is 2.90. The zero-order valence-electron chi connectivity index (χ0n) is 9.02. The van der Waals surface area contributed by atoms with E-state index in [-0.39, 0.29) is 6.04 Å². The van der Waals surface area contributed by atoms with Crippen LogP contribution in [0.2, 0.25) is 5.02 Å². The normalized spacial score (nSPS) is 12.6. The molecule has 0 radical (unpaired) electrons. The van der Waals surface area contributed by atoms with E-state index in [1.54, 1.807) is 18.6 Å². The van der Waals surface area contributed by atoms with Crippen molar-refractivity contribution in [1.29, 1.82) is 0 Å². The van der Waals surface area contributed by atoms with E-state index < -0.39 is 0 Å². The van der Waals surface area contributed by atoms with Crippen LogP contribution in [0.3, 0.4) is 0 Å². The standard InChI is InChI=1S/C10H13ClN6/c11-8-5-14-2-1-6(8)3-9(16-13)7-4-15-17-10(7)12/h1-2,4-5,9,16H,3,13H2,(H3,12,15,17). The summed E-state index contributed by atoms with van der Waals surface area (Å²) in [6.45, 7) is 0. The lowest BCUT2D eigenvalue weighted by atomic mass is 10.0. The molecule has 1 unspecified atom stereocenters. The molecule has 0 aliphatic heterocycles. The fourth-order valence-electron chi connectivity index (χ4n) is 1.63. The summed E-state index contributed by atoms with van der Waals surface area (Å²) >= 11 is 6.04. The van der Waals surface area contributed by atoms with Crippen molar-refractivity contribution < 1.29 is 0 Å². The Morgan fingerprint density at radius 3 is 2.88 bits per heavy atom. The molecule has 90 valence electrons. The van der Waals surface area contributed by atoms with Gasteiger partial charge in [0.1, 0.15) is 5.82 Å². The smallest absolute Gasteiger partial charge is 0.123 e. The van der Waals surface area contributed by atoms with E-state index in [2.05, 4.69) is 20.6 Å². The second-order valence-electron chi connectivity index (χ2n) is 3.63. The first kappa shape index (κ1) is 11.8. The van der Waals surface area contributed by atoms with Crippen molar-refractivity contribution in [3.63, 3.8) is 0 Å². The summed E-state index contributed by atoms with van der Waals surface area (Å²) < 4.78 is 0. The number of hydrogen-bond donors (Lipinski definition) is 4. The number of H-pyrrole nitrogens is 1. The Morgan fingerprint density at radius 1 is 1.47 bits per heavy atom. The lowest BCUT2D eigenvalue weighted by molar-refractivity contribution is 0.553. The van der Waals surface area contributed by atoms with Gasteiger partial charge < -0.3 is 5.73 Å². The van der Waals surface area contributed by atoms with Crippen LogP contribution >= 0.6 is 11.6 Å². The van der Waals surface area contributed by atoms with Crippen molar-refractivity contribution in [2.75, 3.05) is 5.73 Å². The maximum Gasteiger partial charge on any atom is 0.123 e. The van der Waals surface area contributed by atoms with Crippen LogP contribution in [0, 0.1) is 0 Å². The molecule has 0 aliphatic carbocycles. The van der Waals surface area contributed by atoms with Crippen LogP contribution in [-0.4, -0.2) is 15.2 Å². The van der Waals surface area contributed by atoms with Crippen molar-refractivity contribution in [2.24, 2.45) is 5.84 Å². The molecule has 6 N–H and O–H groups in total. The Labute approximate surface area is 103 Å². The molecule has 7 heteroatoms. The van der Waals surface area contributed by atoms with Gasteiger partial charge in [0, 0.05) is 18.0 Å². The highest BCUT2D eigenvalue weighted by Gasteiger charge is 2.16. The van der Waals surface area contributed by atoms with E-state index in [0.717, 1.165) is 11.1 Å². The van der Waals surface area contributed by atoms with E-state index in [1.807, 2.05) is 6.07 Å². The van der Waals surface area contributed by atoms with Crippen molar-refractivity contribution in [3.8, 4) is 0 Å². The Bertz CT molecular complexity index is 497. The number of aromatic amines is 1. The largest absolute Gasteiger partial charge is 0.384 e. The predicted molar refractivity (Wildman–Crippen MR) is 66.0 cm³/mol. The lowest BCUT2D eigenvalue weighted by Crippen LogP contribution is -2.30. The van der Waals surface area contributed by atoms with E-state index >= 15 is 0 Å². The van der Waals surface area contributed by atoms with Gasteiger partial charge in [-0.2, -0.15) is 5.10 Å². The van der Waals surface area contributed by atoms with Gasteiger partial charge in [-0.3, -0.25) is 21.4 Å². The van der Waals surface area contributed by atoms with Crippen LogP contribution in [0.4, 0.5) is 5.82 Å². The summed E-state index contributed by atoms with van der Waals surface area (Å²) in [7, 11) is 0. The first-order chi connectivity index (χ1) is 8.22. The lowest BCUT2D eigenvalue weighted by Gasteiger charge is -2.15. The molecule has 1 atom stereocenters. The number of rotatable bonds is 4. The van der Waals surface area contributed by atoms with E-state index in [1.165, 1.54) is 0 Å². The van der Waals surface area contributed by atoms with E-state index in [9.17, 15) is 0 Å². The number of aromatic nitrogens is 3. The minimum absolute atomic E-state index is 0.145. The monoisotopic (exact) mass is 252 g/mol. The number of nitrogen functional groups attached to an aromatic ring is 1. The van der Waals surface area contributed by atoms with Crippen LogP contribution in [0.25, 0.3) is 0 Å². The molecule has 0 aromatic carbocycles. The molecule has 0 saturated carbocycles. The van der Waals surface area contributed by atoms with Gasteiger partial charge in [-0.1, -0.05) is 11.6 Å².